The lowest BCUT2D eigenvalue weighted by Gasteiger charge is -2.15. The molecule has 1 N–H and O–H groups in total. The predicted octanol–water partition coefficient (Wildman–Crippen LogP) is 3.43. The predicted molar refractivity (Wildman–Crippen MR) is 120 cm³/mol. The Hall–Kier alpha value is -2.71. The van der Waals surface area contributed by atoms with E-state index in [1.54, 1.807) is 31.6 Å². The van der Waals surface area contributed by atoms with Crippen molar-refractivity contribution in [3.8, 4) is 17.0 Å². The van der Waals surface area contributed by atoms with Crippen LogP contribution < -0.4 is 9.46 Å². The first-order valence-electron chi connectivity index (χ1n) is 10.5. The topological polar surface area (TPSA) is 86.1 Å². The standard InChI is InChI=1S/C23H28N4O3S/c1-16-14-19(15-17(2)23(16)30-3)31(28,29)25-12-13-27-21-7-5-4-6-20(21)22(26-27)18-8-10-24-11-9-18/h8-11,14-15,25H,4-7,12-13H2,1-3H3. The molecule has 0 bridgehead atoms. The van der Waals surface area contributed by atoms with Crippen LogP contribution in [-0.2, 0) is 29.4 Å². The minimum atomic E-state index is -3.62. The quantitative estimate of drug-likeness (QED) is 0.608. The molecule has 0 radical (unpaired) electrons. The lowest BCUT2D eigenvalue weighted by molar-refractivity contribution is 0.408. The second kappa shape index (κ2) is 8.80. The lowest BCUT2D eigenvalue weighted by Crippen LogP contribution is -2.28. The number of methoxy groups -OCH3 is 1. The van der Waals surface area contributed by atoms with Crippen LogP contribution in [0.4, 0.5) is 0 Å². The molecule has 1 aliphatic carbocycles. The molecule has 31 heavy (non-hydrogen) atoms. The number of sulfonamides is 1. The van der Waals surface area contributed by atoms with Crippen LogP contribution in [0, 0.1) is 13.8 Å². The Kier molecular flexibility index (Phi) is 6.11. The zero-order valence-corrected chi connectivity index (χ0v) is 19.0. The number of pyridine rings is 1. The van der Waals surface area contributed by atoms with E-state index in [0.29, 0.717) is 12.3 Å². The summed E-state index contributed by atoms with van der Waals surface area (Å²) in [6, 6.07) is 7.23. The number of fused-ring (bicyclic) bond motifs is 1. The first-order valence-corrected chi connectivity index (χ1v) is 12.0. The third kappa shape index (κ3) is 4.36. The van der Waals surface area contributed by atoms with E-state index in [1.807, 2.05) is 30.7 Å². The molecule has 4 rings (SSSR count). The summed E-state index contributed by atoms with van der Waals surface area (Å²) in [6.45, 7) is 4.46. The Morgan fingerprint density at radius 3 is 2.45 bits per heavy atom. The fourth-order valence-electron chi connectivity index (χ4n) is 4.35. The molecule has 0 unspecified atom stereocenters. The number of rotatable bonds is 7. The number of aromatic nitrogens is 3. The van der Waals surface area contributed by atoms with Gasteiger partial charge in [-0.1, -0.05) is 0 Å². The monoisotopic (exact) mass is 440 g/mol. The van der Waals surface area contributed by atoms with E-state index < -0.39 is 10.0 Å². The van der Waals surface area contributed by atoms with Crippen LogP contribution in [0.15, 0.2) is 41.6 Å². The molecule has 0 aliphatic heterocycles. The summed E-state index contributed by atoms with van der Waals surface area (Å²) in [7, 11) is -2.03. The van der Waals surface area contributed by atoms with Crippen LogP contribution in [0.1, 0.15) is 35.2 Å². The maximum atomic E-state index is 12.9. The highest BCUT2D eigenvalue weighted by Gasteiger charge is 2.22. The number of nitrogens with zero attached hydrogens (tertiary/aromatic N) is 3. The summed E-state index contributed by atoms with van der Waals surface area (Å²) >= 11 is 0. The van der Waals surface area contributed by atoms with E-state index in [2.05, 4.69) is 9.71 Å². The minimum Gasteiger partial charge on any atom is -0.496 e. The molecular formula is C23H28N4O3S. The number of hydrogen-bond donors (Lipinski definition) is 1. The summed E-state index contributed by atoms with van der Waals surface area (Å²) < 4.78 is 35.8. The van der Waals surface area contributed by atoms with Gasteiger partial charge in [-0.05, 0) is 74.9 Å². The van der Waals surface area contributed by atoms with Crippen LogP contribution in [-0.4, -0.2) is 36.8 Å². The van der Waals surface area contributed by atoms with Crippen molar-refractivity contribution < 1.29 is 13.2 Å². The number of ether oxygens (including phenoxy) is 1. The zero-order chi connectivity index (χ0) is 22.0. The lowest BCUT2D eigenvalue weighted by atomic mass is 9.94. The van der Waals surface area contributed by atoms with Gasteiger partial charge >= 0.3 is 0 Å². The van der Waals surface area contributed by atoms with Gasteiger partial charge in [0, 0.05) is 35.8 Å². The molecule has 8 heteroatoms. The third-order valence-electron chi connectivity index (χ3n) is 5.77. The van der Waals surface area contributed by atoms with Crippen molar-refractivity contribution in [2.75, 3.05) is 13.7 Å². The molecule has 0 saturated carbocycles. The van der Waals surface area contributed by atoms with E-state index in [4.69, 9.17) is 9.84 Å². The van der Waals surface area contributed by atoms with Crippen molar-refractivity contribution in [3.63, 3.8) is 0 Å². The van der Waals surface area contributed by atoms with E-state index in [-0.39, 0.29) is 11.4 Å². The Labute approximate surface area is 183 Å². The van der Waals surface area contributed by atoms with E-state index >= 15 is 0 Å². The molecule has 0 saturated heterocycles. The highest BCUT2D eigenvalue weighted by molar-refractivity contribution is 7.89. The van der Waals surface area contributed by atoms with Gasteiger partial charge in [0.15, 0.2) is 0 Å². The maximum absolute atomic E-state index is 12.9. The van der Waals surface area contributed by atoms with Gasteiger partial charge in [-0.2, -0.15) is 5.10 Å². The number of nitrogens with one attached hydrogen (secondary N) is 1. The van der Waals surface area contributed by atoms with Crippen molar-refractivity contribution in [1.82, 2.24) is 19.5 Å². The minimum absolute atomic E-state index is 0.253. The molecule has 3 aromatic rings. The van der Waals surface area contributed by atoms with Gasteiger partial charge < -0.3 is 4.74 Å². The Morgan fingerprint density at radius 2 is 1.77 bits per heavy atom. The van der Waals surface area contributed by atoms with Crippen LogP contribution in [0.25, 0.3) is 11.3 Å². The molecule has 2 aromatic heterocycles. The van der Waals surface area contributed by atoms with Gasteiger partial charge in [-0.15, -0.1) is 0 Å². The average Bonchev–Trinajstić information content (AvgIpc) is 3.13. The molecule has 0 atom stereocenters. The molecule has 0 fully saturated rings. The molecule has 0 amide bonds. The van der Waals surface area contributed by atoms with Crippen molar-refractivity contribution in [1.29, 1.82) is 0 Å². The largest absolute Gasteiger partial charge is 0.496 e. The van der Waals surface area contributed by atoms with Gasteiger partial charge in [0.25, 0.3) is 0 Å². The highest BCUT2D eigenvalue weighted by atomic mass is 32.2. The van der Waals surface area contributed by atoms with Crippen LogP contribution in [0.2, 0.25) is 0 Å². The first kappa shape index (κ1) is 21.5. The highest BCUT2D eigenvalue weighted by Crippen LogP contribution is 2.31. The molecule has 164 valence electrons. The van der Waals surface area contributed by atoms with Crippen LogP contribution in [0.3, 0.4) is 0 Å². The Morgan fingerprint density at radius 1 is 1.10 bits per heavy atom. The second-order valence-corrected chi connectivity index (χ2v) is 9.70. The van der Waals surface area contributed by atoms with Gasteiger partial charge in [0.1, 0.15) is 5.75 Å². The molecule has 0 spiro atoms. The van der Waals surface area contributed by atoms with Crippen molar-refractivity contribution >= 4 is 10.0 Å². The molecule has 1 aliphatic rings. The second-order valence-electron chi connectivity index (χ2n) is 7.93. The maximum Gasteiger partial charge on any atom is 0.240 e. The fraction of sp³-hybridized carbons (Fsp3) is 0.391. The molecule has 7 nitrogen and oxygen atoms in total. The van der Waals surface area contributed by atoms with Crippen LogP contribution in [0.5, 0.6) is 5.75 Å². The molecule has 2 heterocycles. The van der Waals surface area contributed by atoms with Gasteiger partial charge in [0.2, 0.25) is 10.0 Å². The number of hydrogen-bond acceptors (Lipinski definition) is 5. The smallest absolute Gasteiger partial charge is 0.240 e. The van der Waals surface area contributed by atoms with Gasteiger partial charge in [-0.3, -0.25) is 9.67 Å². The summed E-state index contributed by atoms with van der Waals surface area (Å²) in [6.07, 6.45) is 7.80. The first-order chi connectivity index (χ1) is 14.9. The number of aryl methyl sites for hydroxylation is 2. The van der Waals surface area contributed by atoms with Crippen LogP contribution >= 0.6 is 0 Å². The van der Waals surface area contributed by atoms with Crippen molar-refractivity contribution in [2.24, 2.45) is 0 Å². The molecule has 1 aromatic carbocycles. The third-order valence-corrected chi connectivity index (χ3v) is 7.22. The summed E-state index contributed by atoms with van der Waals surface area (Å²) in [5, 5.41) is 4.84. The van der Waals surface area contributed by atoms with Crippen molar-refractivity contribution in [2.45, 2.75) is 51.0 Å². The number of benzene rings is 1. The van der Waals surface area contributed by atoms with Crippen molar-refractivity contribution in [3.05, 3.63) is 59.0 Å². The van der Waals surface area contributed by atoms with E-state index in [1.165, 1.54) is 11.3 Å². The zero-order valence-electron chi connectivity index (χ0n) is 18.2. The fourth-order valence-corrected chi connectivity index (χ4v) is 5.54. The normalized spacial score (nSPS) is 13.8. The Balaban J connectivity index is 1.53. The van der Waals surface area contributed by atoms with Gasteiger partial charge in [0.05, 0.1) is 24.2 Å². The van der Waals surface area contributed by atoms with E-state index in [0.717, 1.165) is 48.1 Å². The SMILES string of the molecule is COc1c(C)cc(S(=O)(=O)NCCn2nc(-c3ccncc3)c3c2CCCC3)cc1C. The summed E-state index contributed by atoms with van der Waals surface area (Å²) in [5.74, 6) is 0.714. The van der Waals surface area contributed by atoms with Gasteiger partial charge in [-0.25, -0.2) is 13.1 Å². The summed E-state index contributed by atoms with van der Waals surface area (Å²) in [4.78, 5) is 4.35. The average molecular weight is 441 g/mol. The Bertz CT molecular complexity index is 1160. The summed E-state index contributed by atoms with van der Waals surface area (Å²) in [5.41, 5.74) is 6.13. The molecular weight excluding hydrogens is 412 g/mol. The van der Waals surface area contributed by atoms with E-state index in [9.17, 15) is 8.42 Å².